The van der Waals surface area contributed by atoms with E-state index in [1.807, 2.05) is 18.2 Å². The number of thiophene rings is 1. The molecule has 1 atom stereocenters. The van der Waals surface area contributed by atoms with Crippen LogP contribution in [0.2, 0.25) is 0 Å². The molecule has 2 N–H and O–H groups in total. The van der Waals surface area contributed by atoms with E-state index in [1.165, 1.54) is 11.3 Å². The molecular formula is C20H22N2O5S. The summed E-state index contributed by atoms with van der Waals surface area (Å²) >= 11 is 1.19. The lowest BCUT2D eigenvalue weighted by Crippen LogP contribution is -2.56. The molecule has 3 rings (SSSR count). The first-order valence-corrected chi connectivity index (χ1v) is 9.85. The molecule has 0 saturated heterocycles. The van der Waals surface area contributed by atoms with E-state index in [4.69, 9.17) is 9.47 Å². The minimum absolute atomic E-state index is 0.132. The van der Waals surface area contributed by atoms with E-state index in [0.717, 1.165) is 0 Å². The van der Waals surface area contributed by atoms with Crippen molar-refractivity contribution in [3.05, 3.63) is 51.2 Å². The van der Waals surface area contributed by atoms with Gasteiger partial charge in [0.2, 0.25) is 0 Å². The molecule has 0 radical (unpaired) electrons. The highest BCUT2D eigenvalue weighted by molar-refractivity contribution is 7.15. The lowest BCUT2D eigenvalue weighted by molar-refractivity contribution is -0.144. The SMILES string of the molecule is CCOC(=O)C[C@]1(c2ccccc2)NC(=O)c2c(C)sc(C(=O)OCC)c2N1. The maximum Gasteiger partial charge on any atom is 0.350 e. The number of ether oxygens (including phenoxy) is 2. The Morgan fingerprint density at radius 2 is 1.75 bits per heavy atom. The molecule has 0 spiro atoms. The van der Waals surface area contributed by atoms with Crippen molar-refractivity contribution in [1.29, 1.82) is 0 Å². The van der Waals surface area contributed by atoms with Gasteiger partial charge in [-0.1, -0.05) is 30.3 Å². The van der Waals surface area contributed by atoms with E-state index >= 15 is 0 Å². The molecule has 0 aliphatic carbocycles. The molecular weight excluding hydrogens is 380 g/mol. The smallest absolute Gasteiger partial charge is 0.350 e. The van der Waals surface area contributed by atoms with E-state index < -0.39 is 17.6 Å². The first-order chi connectivity index (χ1) is 13.4. The number of aryl methyl sites for hydroxylation is 1. The number of amides is 1. The molecule has 2 aromatic rings. The monoisotopic (exact) mass is 402 g/mol. The van der Waals surface area contributed by atoms with Crippen LogP contribution in [-0.2, 0) is 19.9 Å². The van der Waals surface area contributed by atoms with Crippen LogP contribution in [0.3, 0.4) is 0 Å². The predicted molar refractivity (Wildman–Crippen MR) is 105 cm³/mol. The van der Waals surface area contributed by atoms with Gasteiger partial charge in [0.1, 0.15) is 10.5 Å². The second kappa shape index (κ2) is 8.02. The molecule has 1 amide bonds. The minimum atomic E-state index is -1.23. The zero-order valence-corrected chi connectivity index (χ0v) is 16.8. The Morgan fingerprint density at radius 3 is 2.39 bits per heavy atom. The quantitative estimate of drug-likeness (QED) is 0.721. The van der Waals surface area contributed by atoms with Gasteiger partial charge in [-0.2, -0.15) is 0 Å². The number of hydrogen-bond donors (Lipinski definition) is 2. The lowest BCUT2D eigenvalue weighted by Gasteiger charge is -2.39. The number of rotatable bonds is 6. The van der Waals surface area contributed by atoms with Crippen molar-refractivity contribution in [2.24, 2.45) is 0 Å². The van der Waals surface area contributed by atoms with Gasteiger partial charge in [0.05, 0.1) is 30.9 Å². The van der Waals surface area contributed by atoms with Crippen LogP contribution in [0.1, 0.15) is 50.7 Å². The molecule has 8 heteroatoms. The Labute approximate surface area is 167 Å². The van der Waals surface area contributed by atoms with Crippen LogP contribution in [-0.4, -0.2) is 31.1 Å². The van der Waals surface area contributed by atoms with Gasteiger partial charge >= 0.3 is 11.9 Å². The van der Waals surface area contributed by atoms with Gasteiger partial charge < -0.3 is 20.1 Å². The van der Waals surface area contributed by atoms with Crippen LogP contribution in [0, 0.1) is 6.92 Å². The molecule has 28 heavy (non-hydrogen) atoms. The Hall–Kier alpha value is -2.87. The van der Waals surface area contributed by atoms with E-state index in [2.05, 4.69) is 10.6 Å². The predicted octanol–water partition coefficient (Wildman–Crippen LogP) is 3.19. The summed E-state index contributed by atoms with van der Waals surface area (Å²) in [5, 5.41) is 6.17. The largest absolute Gasteiger partial charge is 0.466 e. The van der Waals surface area contributed by atoms with Crippen LogP contribution >= 0.6 is 11.3 Å². The summed E-state index contributed by atoms with van der Waals surface area (Å²) in [6, 6.07) is 9.09. The summed E-state index contributed by atoms with van der Waals surface area (Å²) < 4.78 is 10.3. The molecule has 148 valence electrons. The molecule has 0 saturated carbocycles. The Kier molecular flexibility index (Phi) is 5.69. The summed E-state index contributed by atoms with van der Waals surface area (Å²) in [4.78, 5) is 38.8. The van der Waals surface area contributed by atoms with Crippen molar-refractivity contribution in [2.45, 2.75) is 32.9 Å². The molecule has 7 nitrogen and oxygen atoms in total. The third-order valence-corrected chi connectivity index (χ3v) is 5.50. The second-order valence-corrected chi connectivity index (χ2v) is 7.51. The normalized spacial score (nSPS) is 17.9. The maximum absolute atomic E-state index is 13.0. The van der Waals surface area contributed by atoms with E-state index in [0.29, 0.717) is 26.6 Å². The summed E-state index contributed by atoms with van der Waals surface area (Å²) in [7, 11) is 0. The molecule has 1 aromatic heterocycles. The van der Waals surface area contributed by atoms with E-state index in [1.54, 1.807) is 32.9 Å². The van der Waals surface area contributed by atoms with Gasteiger partial charge in [-0.05, 0) is 26.3 Å². The topological polar surface area (TPSA) is 93.7 Å². The second-order valence-electron chi connectivity index (χ2n) is 6.29. The van der Waals surface area contributed by atoms with Crippen molar-refractivity contribution in [2.75, 3.05) is 18.5 Å². The van der Waals surface area contributed by atoms with Gasteiger partial charge in [0.25, 0.3) is 5.91 Å². The van der Waals surface area contributed by atoms with E-state index in [9.17, 15) is 14.4 Å². The molecule has 0 bridgehead atoms. The average molecular weight is 402 g/mol. The van der Waals surface area contributed by atoms with E-state index in [-0.39, 0.29) is 25.5 Å². The van der Waals surface area contributed by atoms with Crippen molar-refractivity contribution in [3.63, 3.8) is 0 Å². The van der Waals surface area contributed by atoms with Crippen LogP contribution in [0.15, 0.2) is 30.3 Å². The molecule has 1 aliphatic rings. The summed E-state index contributed by atoms with van der Waals surface area (Å²) in [6.07, 6.45) is -0.132. The number of nitrogens with one attached hydrogen (secondary N) is 2. The highest BCUT2D eigenvalue weighted by Gasteiger charge is 2.44. The number of esters is 2. The molecule has 0 fully saturated rings. The average Bonchev–Trinajstić information content (AvgIpc) is 2.99. The van der Waals surface area contributed by atoms with Gasteiger partial charge in [0, 0.05) is 4.88 Å². The van der Waals surface area contributed by atoms with Crippen molar-refractivity contribution < 1.29 is 23.9 Å². The number of hydrogen-bond acceptors (Lipinski definition) is 7. The fraction of sp³-hybridized carbons (Fsp3) is 0.350. The minimum Gasteiger partial charge on any atom is -0.466 e. The first kappa shape index (κ1) is 19.9. The third-order valence-electron chi connectivity index (χ3n) is 4.42. The molecule has 0 unspecified atom stereocenters. The molecule has 1 aliphatic heterocycles. The number of carbonyl (C=O) groups excluding carboxylic acids is 3. The van der Waals surface area contributed by atoms with Crippen LogP contribution in [0.4, 0.5) is 5.69 Å². The number of benzene rings is 1. The van der Waals surface area contributed by atoms with Gasteiger partial charge in [0.15, 0.2) is 0 Å². The summed E-state index contributed by atoms with van der Waals surface area (Å²) in [5.74, 6) is -1.32. The van der Waals surface area contributed by atoms with Crippen LogP contribution in [0.25, 0.3) is 0 Å². The fourth-order valence-corrected chi connectivity index (χ4v) is 4.27. The van der Waals surface area contributed by atoms with Gasteiger partial charge in [-0.15, -0.1) is 11.3 Å². The molecule has 1 aromatic carbocycles. The summed E-state index contributed by atoms with van der Waals surface area (Å²) in [6.45, 7) is 5.67. The first-order valence-electron chi connectivity index (χ1n) is 9.04. The third kappa shape index (κ3) is 3.60. The van der Waals surface area contributed by atoms with Gasteiger partial charge in [-0.25, -0.2) is 4.79 Å². The number of anilines is 1. The highest BCUT2D eigenvalue weighted by atomic mass is 32.1. The number of carbonyl (C=O) groups is 3. The summed E-state index contributed by atoms with van der Waals surface area (Å²) in [5.41, 5.74) is 0.230. The fourth-order valence-electron chi connectivity index (χ4n) is 3.26. The lowest BCUT2D eigenvalue weighted by atomic mass is 9.91. The van der Waals surface area contributed by atoms with Crippen molar-refractivity contribution >= 4 is 34.9 Å². The van der Waals surface area contributed by atoms with Crippen LogP contribution in [0.5, 0.6) is 0 Å². The Morgan fingerprint density at radius 1 is 1.07 bits per heavy atom. The zero-order valence-electron chi connectivity index (χ0n) is 16.0. The van der Waals surface area contributed by atoms with Crippen molar-refractivity contribution in [3.8, 4) is 0 Å². The van der Waals surface area contributed by atoms with Crippen molar-refractivity contribution in [1.82, 2.24) is 5.32 Å². The Bertz CT molecular complexity index is 909. The number of fused-ring (bicyclic) bond motifs is 1. The highest BCUT2D eigenvalue weighted by Crippen LogP contribution is 2.41. The maximum atomic E-state index is 13.0. The van der Waals surface area contributed by atoms with Gasteiger partial charge in [-0.3, -0.25) is 9.59 Å². The molecule has 2 heterocycles. The van der Waals surface area contributed by atoms with Crippen LogP contribution < -0.4 is 10.6 Å². The standard InChI is InChI=1S/C20H22N2O5S/c1-4-26-14(23)11-20(13-9-7-6-8-10-13)21-16-15(18(24)22-20)12(3)28-17(16)19(25)27-5-2/h6-10,21H,4-5,11H2,1-3H3,(H,22,24)/t20-/m1/s1. The Balaban J connectivity index is 2.11. The zero-order chi connectivity index (χ0) is 20.3.